The third-order valence-electron chi connectivity index (χ3n) is 4.84. The van der Waals surface area contributed by atoms with Crippen molar-refractivity contribution in [2.24, 2.45) is 13.0 Å². The maximum absolute atomic E-state index is 12.8. The van der Waals surface area contributed by atoms with Gasteiger partial charge in [-0.3, -0.25) is 9.78 Å². The number of hydrogen-bond donors (Lipinski definition) is 0. The Morgan fingerprint density at radius 1 is 1.31 bits per heavy atom. The summed E-state index contributed by atoms with van der Waals surface area (Å²) in [5.74, 6) is 1.44. The highest BCUT2D eigenvalue weighted by atomic mass is 16.5. The van der Waals surface area contributed by atoms with Crippen molar-refractivity contribution in [3.63, 3.8) is 0 Å². The quantitative estimate of drug-likeness (QED) is 0.471. The van der Waals surface area contributed by atoms with Gasteiger partial charge in [0.15, 0.2) is 0 Å². The molecule has 0 saturated heterocycles. The lowest BCUT2D eigenvalue weighted by molar-refractivity contribution is 0.297. The molecule has 2 aromatic heterocycles. The number of fused-ring (bicyclic) bond motifs is 3. The minimum absolute atomic E-state index is 0.0322. The Morgan fingerprint density at radius 3 is 2.77 bits per heavy atom. The number of ether oxygens (including phenoxy) is 1. The van der Waals surface area contributed by atoms with Gasteiger partial charge in [0, 0.05) is 30.3 Å². The van der Waals surface area contributed by atoms with Gasteiger partial charge in [-0.05, 0) is 43.2 Å². The Labute approximate surface area is 154 Å². The van der Waals surface area contributed by atoms with Crippen LogP contribution in [0.4, 0.5) is 0 Å². The predicted octanol–water partition coefficient (Wildman–Crippen LogP) is 4.85. The highest BCUT2D eigenvalue weighted by molar-refractivity contribution is 6.07. The van der Waals surface area contributed by atoms with Gasteiger partial charge in [-0.15, -0.1) is 0 Å². The molecule has 0 fully saturated rings. The molecule has 0 radical (unpaired) electrons. The first-order valence-electron chi connectivity index (χ1n) is 9.11. The smallest absolute Gasteiger partial charge is 0.260 e. The molecule has 0 spiro atoms. The van der Waals surface area contributed by atoms with Crippen LogP contribution in [0, 0.1) is 12.8 Å². The maximum Gasteiger partial charge on any atom is 0.260 e. The number of rotatable bonds is 6. The Bertz CT molecular complexity index is 1030. The average Bonchev–Trinajstić information content (AvgIpc) is 2.62. The molecule has 4 heteroatoms. The Morgan fingerprint density at radius 2 is 2.08 bits per heavy atom. The van der Waals surface area contributed by atoms with Crippen molar-refractivity contribution in [3.05, 3.63) is 52.6 Å². The standard InChI is InChI=1S/C22H26N2O2/c1-6-16-12-18-17-9-10-23-15(4)21(17)22(25)24(5)19(18)13-20(16)26-11-7-8-14(2)3/h6,9-10,12-14H,1,7-8,11H2,2-5H3. The van der Waals surface area contributed by atoms with Crippen molar-refractivity contribution in [1.29, 1.82) is 0 Å². The Kier molecular flexibility index (Phi) is 5.12. The third-order valence-corrected chi connectivity index (χ3v) is 4.84. The molecule has 1 aromatic carbocycles. The summed E-state index contributed by atoms with van der Waals surface area (Å²) in [4.78, 5) is 17.1. The highest BCUT2D eigenvalue weighted by Crippen LogP contribution is 2.31. The first kappa shape index (κ1) is 18.2. The molecule has 3 rings (SSSR count). The van der Waals surface area contributed by atoms with Gasteiger partial charge in [-0.1, -0.05) is 26.5 Å². The van der Waals surface area contributed by atoms with Gasteiger partial charge in [0.1, 0.15) is 5.75 Å². The molecule has 0 aliphatic rings. The number of aryl methyl sites for hydroxylation is 2. The highest BCUT2D eigenvalue weighted by Gasteiger charge is 2.14. The van der Waals surface area contributed by atoms with Crippen molar-refractivity contribution in [1.82, 2.24) is 9.55 Å². The van der Waals surface area contributed by atoms with Gasteiger partial charge >= 0.3 is 0 Å². The van der Waals surface area contributed by atoms with Crippen LogP contribution in [0.3, 0.4) is 0 Å². The molecule has 3 aromatic rings. The summed E-state index contributed by atoms with van der Waals surface area (Å²) in [6.07, 6.45) is 5.70. The van der Waals surface area contributed by atoms with E-state index in [0.717, 1.165) is 46.1 Å². The zero-order valence-electron chi connectivity index (χ0n) is 16.0. The SMILES string of the molecule is C=Cc1cc2c3ccnc(C)c3c(=O)n(C)c2cc1OCCCC(C)C. The number of hydrogen-bond acceptors (Lipinski definition) is 3. The van der Waals surface area contributed by atoms with Gasteiger partial charge in [0.2, 0.25) is 0 Å². The van der Waals surface area contributed by atoms with Gasteiger partial charge < -0.3 is 9.30 Å². The summed E-state index contributed by atoms with van der Waals surface area (Å²) in [5.41, 5.74) is 2.52. The number of benzene rings is 1. The molecule has 0 N–H and O–H groups in total. The molecule has 0 atom stereocenters. The van der Waals surface area contributed by atoms with Crippen LogP contribution in [-0.2, 0) is 7.05 Å². The minimum Gasteiger partial charge on any atom is -0.493 e. The second kappa shape index (κ2) is 7.32. The first-order valence-corrected chi connectivity index (χ1v) is 9.11. The molecule has 136 valence electrons. The van der Waals surface area contributed by atoms with Crippen molar-refractivity contribution in [2.45, 2.75) is 33.6 Å². The fourth-order valence-corrected chi connectivity index (χ4v) is 3.38. The van der Waals surface area contributed by atoms with Crippen LogP contribution in [0.25, 0.3) is 27.8 Å². The van der Waals surface area contributed by atoms with E-state index in [1.54, 1.807) is 17.8 Å². The zero-order valence-corrected chi connectivity index (χ0v) is 16.0. The Balaban J connectivity index is 2.15. The molecule has 26 heavy (non-hydrogen) atoms. The van der Waals surface area contributed by atoms with Crippen molar-refractivity contribution >= 4 is 27.8 Å². The van der Waals surface area contributed by atoms with E-state index in [4.69, 9.17) is 4.74 Å². The van der Waals surface area contributed by atoms with Crippen LogP contribution in [0.2, 0.25) is 0 Å². The molecular formula is C22H26N2O2. The van der Waals surface area contributed by atoms with E-state index in [1.165, 1.54) is 0 Å². The van der Waals surface area contributed by atoms with E-state index in [2.05, 4.69) is 31.5 Å². The molecule has 2 heterocycles. The zero-order chi connectivity index (χ0) is 18.8. The van der Waals surface area contributed by atoms with Crippen LogP contribution in [-0.4, -0.2) is 16.2 Å². The molecule has 0 unspecified atom stereocenters. The second-order valence-electron chi connectivity index (χ2n) is 7.18. The van der Waals surface area contributed by atoms with Crippen LogP contribution in [0.1, 0.15) is 37.9 Å². The van der Waals surface area contributed by atoms with Crippen LogP contribution in [0.5, 0.6) is 5.75 Å². The van der Waals surface area contributed by atoms with E-state index in [9.17, 15) is 4.79 Å². The molecule has 0 amide bonds. The first-order chi connectivity index (χ1) is 12.4. The largest absolute Gasteiger partial charge is 0.493 e. The lowest BCUT2D eigenvalue weighted by Gasteiger charge is -2.15. The van der Waals surface area contributed by atoms with Crippen molar-refractivity contribution < 1.29 is 4.74 Å². The lowest BCUT2D eigenvalue weighted by atomic mass is 10.0. The molecule has 0 bridgehead atoms. The summed E-state index contributed by atoms with van der Waals surface area (Å²) in [6, 6.07) is 5.92. The predicted molar refractivity (Wildman–Crippen MR) is 109 cm³/mol. The topological polar surface area (TPSA) is 44.1 Å². The van der Waals surface area contributed by atoms with Gasteiger partial charge in [-0.25, -0.2) is 0 Å². The molecular weight excluding hydrogens is 324 g/mol. The van der Waals surface area contributed by atoms with E-state index < -0.39 is 0 Å². The molecule has 0 aliphatic heterocycles. The fourth-order valence-electron chi connectivity index (χ4n) is 3.38. The summed E-state index contributed by atoms with van der Waals surface area (Å²) in [6.45, 7) is 10.9. The maximum atomic E-state index is 12.8. The Hall–Kier alpha value is -2.62. The van der Waals surface area contributed by atoms with Gasteiger partial charge in [-0.2, -0.15) is 0 Å². The van der Waals surface area contributed by atoms with Gasteiger partial charge in [0.25, 0.3) is 5.56 Å². The van der Waals surface area contributed by atoms with Gasteiger partial charge in [0.05, 0.1) is 23.2 Å². The van der Waals surface area contributed by atoms with Crippen molar-refractivity contribution in [3.8, 4) is 5.75 Å². The van der Waals surface area contributed by atoms with E-state index in [1.807, 2.05) is 25.1 Å². The normalized spacial score (nSPS) is 11.4. The van der Waals surface area contributed by atoms with E-state index >= 15 is 0 Å². The third kappa shape index (κ3) is 3.24. The van der Waals surface area contributed by atoms with Crippen LogP contribution < -0.4 is 10.3 Å². The summed E-state index contributed by atoms with van der Waals surface area (Å²) < 4.78 is 7.70. The minimum atomic E-state index is -0.0322. The average molecular weight is 350 g/mol. The monoisotopic (exact) mass is 350 g/mol. The summed E-state index contributed by atoms with van der Waals surface area (Å²) in [5, 5.41) is 2.60. The van der Waals surface area contributed by atoms with Crippen LogP contribution >= 0.6 is 0 Å². The van der Waals surface area contributed by atoms with E-state index in [0.29, 0.717) is 17.9 Å². The van der Waals surface area contributed by atoms with Crippen LogP contribution in [0.15, 0.2) is 35.8 Å². The molecule has 0 aliphatic carbocycles. The number of nitrogens with zero attached hydrogens (tertiary/aromatic N) is 2. The summed E-state index contributed by atoms with van der Waals surface area (Å²) in [7, 11) is 1.80. The van der Waals surface area contributed by atoms with Crippen molar-refractivity contribution in [2.75, 3.05) is 6.61 Å². The fraction of sp³-hybridized carbons (Fsp3) is 0.364. The summed E-state index contributed by atoms with van der Waals surface area (Å²) >= 11 is 0. The van der Waals surface area contributed by atoms with E-state index in [-0.39, 0.29) is 5.56 Å². The number of pyridine rings is 2. The number of aromatic nitrogens is 2. The second-order valence-corrected chi connectivity index (χ2v) is 7.18. The molecule has 4 nitrogen and oxygen atoms in total. The lowest BCUT2D eigenvalue weighted by Crippen LogP contribution is -2.18. The molecule has 0 saturated carbocycles.